The summed E-state index contributed by atoms with van der Waals surface area (Å²) in [6, 6.07) is 22.2. The zero-order valence-corrected chi connectivity index (χ0v) is 30.5. The second-order valence-electron chi connectivity index (χ2n) is 13.1. The van der Waals surface area contributed by atoms with Gasteiger partial charge >= 0.3 is 0 Å². The van der Waals surface area contributed by atoms with Crippen molar-refractivity contribution in [2.75, 3.05) is 26.2 Å². The summed E-state index contributed by atoms with van der Waals surface area (Å²) >= 11 is 0. The van der Waals surface area contributed by atoms with E-state index in [4.69, 9.17) is 0 Å². The van der Waals surface area contributed by atoms with Crippen molar-refractivity contribution in [3.63, 3.8) is 0 Å². The highest BCUT2D eigenvalue weighted by atomic mass is 32.2. The average molecular weight is 706 g/mol. The Morgan fingerprint density at radius 3 is 2.02 bits per heavy atom. The number of para-hydroxylation sites is 3. The third-order valence-electron chi connectivity index (χ3n) is 9.21. The van der Waals surface area contributed by atoms with Crippen LogP contribution in [0.1, 0.15) is 36.1 Å². The van der Waals surface area contributed by atoms with Crippen LogP contribution in [0.25, 0.3) is 0 Å². The fourth-order valence-corrected chi connectivity index (χ4v) is 8.29. The normalized spacial score (nSPS) is 14.5. The minimum absolute atomic E-state index is 0.273. The lowest BCUT2D eigenvalue weighted by atomic mass is 10.2. The quantitative estimate of drug-likeness (QED) is 0.151. The molecule has 0 unspecified atom stereocenters. The summed E-state index contributed by atoms with van der Waals surface area (Å²) in [5.74, 6) is 2.15. The fraction of sp³-hybridized carbons (Fsp3) is 0.270. The number of nitrogens with one attached hydrogen (secondary N) is 4. The van der Waals surface area contributed by atoms with Crippen molar-refractivity contribution in [1.29, 1.82) is 0 Å². The van der Waals surface area contributed by atoms with Gasteiger partial charge in [-0.05, 0) is 62.7 Å². The molecule has 0 spiro atoms. The first-order valence-electron chi connectivity index (χ1n) is 16.9. The molecule has 14 heteroatoms. The van der Waals surface area contributed by atoms with Crippen LogP contribution >= 0.6 is 0 Å². The zero-order chi connectivity index (χ0) is 35.9. The second kappa shape index (κ2) is 13.5. The Kier molecular flexibility index (Phi) is 8.93. The molecule has 3 aromatic heterocycles. The van der Waals surface area contributed by atoms with Gasteiger partial charge in [-0.15, -0.1) is 0 Å². The Morgan fingerprint density at radius 1 is 0.667 bits per heavy atom. The molecule has 9 rings (SSSR count). The van der Waals surface area contributed by atoms with Gasteiger partial charge in [0, 0.05) is 63.5 Å². The Hall–Kier alpha value is -5.76. The molecule has 3 aliphatic rings. The van der Waals surface area contributed by atoms with Crippen LogP contribution in [-0.4, -0.2) is 43.8 Å². The molecular weight excluding hydrogens is 663 g/mol. The number of fused-ring (bicyclic) bond motifs is 6. The van der Waals surface area contributed by atoms with Crippen LogP contribution in [-0.2, 0) is 50.6 Å². The van der Waals surface area contributed by atoms with Crippen molar-refractivity contribution in [2.24, 2.45) is 21.1 Å². The lowest BCUT2D eigenvalue weighted by molar-refractivity contribution is 0.576. The van der Waals surface area contributed by atoms with Crippen LogP contribution in [0.15, 0.2) is 95.2 Å². The van der Waals surface area contributed by atoms with Gasteiger partial charge < -0.3 is 26.2 Å². The smallest absolute Gasteiger partial charge is 0.225 e. The van der Waals surface area contributed by atoms with Crippen molar-refractivity contribution in [1.82, 2.24) is 29.3 Å². The Labute approximate surface area is 298 Å². The number of sulfone groups is 1. The molecule has 0 atom stereocenters. The number of nitrogens with zero attached hydrogens (tertiary/aromatic N) is 7. The molecule has 0 amide bonds. The van der Waals surface area contributed by atoms with E-state index in [9.17, 15) is 8.42 Å². The first-order valence-corrected chi connectivity index (χ1v) is 18.3. The minimum Gasteiger partial charge on any atom is -0.380 e. The highest BCUT2D eigenvalue weighted by Gasteiger charge is 2.30. The van der Waals surface area contributed by atoms with Crippen LogP contribution in [0.3, 0.4) is 0 Å². The number of hydrogen-bond donors (Lipinski definition) is 4. The predicted molar refractivity (Wildman–Crippen MR) is 202 cm³/mol. The van der Waals surface area contributed by atoms with Crippen LogP contribution < -0.4 is 26.2 Å². The maximum absolute atomic E-state index is 12.5. The number of aromatic nitrogens is 6. The summed E-state index contributed by atoms with van der Waals surface area (Å²) in [5.41, 5.74) is 9.68. The van der Waals surface area contributed by atoms with Gasteiger partial charge in [0.25, 0.3) is 0 Å². The monoisotopic (exact) mass is 705 g/mol. The molecule has 51 heavy (non-hydrogen) atoms. The van der Waals surface area contributed by atoms with Gasteiger partial charge in [0.2, 0.25) is 9.84 Å². The minimum atomic E-state index is -3.49. The first-order chi connectivity index (χ1) is 24.5. The van der Waals surface area contributed by atoms with E-state index in [1.54, 1.807) is 31.4 Å². The number of rotatable bonds is 1. The lowest BCUT2D eigenvalue weighted by Crippen LogP contribution is -2.29. The van der Waals surface area contributed by atoms with Gasteiger partial charge in [0.1, 0.15) is 11.6 Å². The molecule has 6 aromatic rings. The van der Waals surface area contributed by atoms with Gasteiger partial charge in [-0.25, -0.2) is 8.42 Å². The predicted octanol–water partition coefficient (Wildman–Crippen LogP) is 6.47. The fourth-order valence-electron chi connectivity index (χ4n) is 6.53. The van der Waals surface area contributed by atoms with Gasteiger partial charge in [-0.3, -0.25) is 14.0 Å². The molecule has 0 fully saturated rings. The molecular formula is C37H43N11O2S. The van der Waals surface area contributed by atoms with E-state index in [1.807, 2.05) is 41.9 Å². The summed E-state index contributed by atoms with van der Waals surface area (Å²) in [7, 11) is 2.08. The van der Waals surface area contributed by atoms with E-state index in [1.165, 1.54) is 27.1 Å². The average Bonchev–Trinajstić information content (AvgIpc) is 3.66. The molecule has 3 aromatic carbocycles. The molecule has 0 saturated heterocycles. The van der Waals surface area contributed by atoms with Gasteiger partial charge in [-0.1, -0.05) is 30.3 Å². The van der Waals surface area contributed by atoms with Gasteiger partial charge in [0.15, 0.2) is 5.03 Å². The highest BCUT2D eigenvalue weighted by Crippen LogP contribution is 2.37. The van der Waals surface area contributed by atoms with E-state index in [0.717, 1.165) is 41.8 Å². The molecule has 0 bridgehead atoms. The maximum Gasteiger partial charge on any atom is 0.225 e. The molecule has 6 heterocycles. The van der Waals surface area contributed by atoms with E-state index >= 15 is 0 Å². The summed E-state index contributed by atoms with van der Waals surface area (Å²) in [4.78, 5) is 2.71. The second-order valence-corrected chi connectivity index (χ2v) is 15.0. The van der Waals surface area contributed by atoms with Crippen LogP contribution in [0, 0.1) is 6.92 Å². The largest absolute Gasteiger partial charge is 0.380 e. The first kappa shape index (κ1) is 33.7. The molecule has 3 aliphatic heterocycles. The molecule has 264 valence electrons. The van der Waals surface area contributed by atoms with E-state index in [-0.39, 0.29) is 5.03 Å². The number of benzene rings is 3. The summed E-state index contributed by atoms with van der Waals surface area (Å²) in [5, 5.41) is 26.3. The van der Waals surface area contributed by atoms with Crippen LogP contribution in [0.4, 0.5) is 40.1 Å². The third kappa shape index (κ3) is 6.50. The Balaban J connectivity index is 0.000000120. The van der Waals surface area contributed by atoms with Crippen molar-refractivity contribution in [2.45, 2.75) is 56.4 Å². The summed E-state index contributed by atoms with van der Waals surface area (Å²) in [6.07, 6.45) is 5.43. The lowest BCUT2D eigenvalue weighted by Gasteiger charge is -2.28. The van der Waals surface area contributed by atoms with E-state index in [0.29, 0.717) is 28.7 Å². The molecule has 13 nitrogen and oxygen atoms in total. The summed E-state index contributed by atoms with van der Waals surface area (Å²) in [6.45, 7) is 8.72. The van der Waals surface area contributed by atoms with Crippen LogP contribution in [0.2, 0.25) is 0 Å². The third-order valence-corrected chi connectivity index (χ3v) is 11.2. The molecule has 0 aliphatic carbocycles. The van der Waals surface area contributed by atoms with Crippen molar-refractivity contribution < 1.29 is 8.42 Å². The van der Waals surface area contributed by atoms with Crippen LogP contribution in [0.5, 0.6) is 0 Å². The van der Waals surface area contributed by atoms with Gasteiger partial charge in [-0.2, -0.15) is 15.3 Å². The molecule has 4 N–H and O–H groups in total. The summed E-state index contributed by atoms with van der Waals surface area (Å²) < 4.78 is 30.2. The standard InChI is InChI=1S/C14H18N4.C12H14N4.C11H11N3O2S/c1-10(2)18-9-11-8-15-17(3)14(11)16-12-6-4-5-7-13(12)18;1-8-3-4-10-11(5-8)13-6-9-7-14-16(2)12(9)15-10;1-14-11-8(7-13-14)6-12-9-4-2-3-5-10(9)17(11,15)16/h4-8,10,16H,9H2,1-3H3;3-5,7,13,15H,6H2,1-2H3;2-5,7,12H,6H2,1H3. The SMILES string of the molecule is CC(C)N1Cc2cnn(C)c2Nc2ccccc21.Cc1ccc2c(c1)NCc1cnn(C)c1N2.Cn1ncc2c1S(=O)(=O)c1ccccc1NC2. The number of aryl methyl sites for hydroxylation is 4. The Bertz CT molecular complexity index is 2320. The Morgan fingerprint density at radius 2 is 1.25 bits per heavy atom. The van der Waals surface area contributed by atoms with Crippen molar-refractivity contribution in [3.8, 4) is 0 Å². The zero-order valence-electron chi connectivity index (χ0n) is 29.6. The number of anilines is 7. The molecule has 0 saturated carbocycles. The van der Waals surface area contributed by atoms with Crippen molar-refractivity contribution in [3.05, 3.63) is 108 Å². The van der Waals surface area contributed by atoms with Gasteiger partial charge in [0.05, 0.1) is 51.9 Å². The number of hydrogen-bond acceptors (Lipinski definition) is 10. The highest BCUT2D eigenvalue weighted by molar-refractivity contribution is 7.91. The van der Waals surface area contributed by atoms with E-state index in [2.05, 4.69) is 105 Å². The van der Waals surface area contributed by atoms with Crippen molar-refractivity contribution >= 4 is 49.9 Å². The molecule has 0 radical (unpaired) electrons. The topological polar surface area (TPSA) is 139 Å². The van der Waals surface area contributed by atoms with E-state index < -0.39 is 9.84 Å². The maximum atomic E-state index is 12.5.